The molecular formula is C20H16F3N7O. The molecule has 4 heterocycles. The third kappa shape index (κ3) is 3.04. The number of aryl methyl sites for hydroxylation is 1. The summed E-state index contributed by atoms with van der Waals surface area (Å²) in [7, 11) is 1.61. The number of carbonyl (C=O) groups excluding carboxylic acids is 1. The third-order valence-corrected chi connectivity index (χ3v) is 5.63. The number of amides is 1. The van der Waals surface area contributed by atoms with Gasteiger partial charge in [0.1, 0.15) is 28.2 Å². The lowest BCUT2D eigenvalue weighted by atomic mass is 10.1. The molecular weight excluding hydrogens is 411 g/mol. The van der Waals surface area contributed by atoms with Gasteiger partial charge >= 0.3 is 6.18 Å². The quantitative estimate of drug-likeness (QED) is 0.528. The Morgan fingerprint density at radius 3 is 2.77 bits per heavy atom. The largest absolute Gasteiger partial charge is 0.433 e. The van der Waals surface area contributed by atoms with Crippen LogP contribution in [0.25, 0.3) is 16.6 Å². The number of pyridine rings is 2. The Kier molecular flexibility index (Phi) is 4.11. The van der Waals surface area contributed by atoms with Crippen LogP contribution in [0.15, 0.2) is 37.1 Å². The minimum absolute atomic E-state index is 0.185. The molecule has 11 heteroatoms. The summed E-state index contributed by atoms with van der Waals surface area (Å²) in [6.45, 7) is 0. The fourth-order valence-electron chi connectivity index (χ4n) is 4.05. The molecule has 0 aromatic carbocycles. The molecule has 31 heavy (non-hydrogen) atoms. The molecule has 2 N–H and O–H groups in total. The third-order valence-electron chi connectivity index (χ3n) is 5.63. The van der Waals surface area contributed by atoms with Gasteiger partial charge in [-0.05, 0) is 36.1 Å². The van der Waals surface area contributed by atoms with E-state index in [1.807, 2.05) is 0 Å². The number of nitrogen functional groups attached to an aromatic ring is 1. The monoisotopic (exact) mass is 427 g/mol. The van der Waals surface area contributed by atoms with Crippen molar-refractivity contribution in [2.75, 3.05) is 12.8 Å². The summed E-state index contributed by atoms with van der Waals surface area (Å²) in [5.41, 5.74) is 8.11. The predicted molar refractivity (Wildman–Crippen MR) is 105 cm³/mol. The highest BCUT2D eigenvalue weighted by molar-refractivity contribution is 5.96. The van der Waals surface area contributed by atoms with Gasteiger partial charge in [-0.15, -0.1) is 0 Å². The molecule has 4 aromatic heterocycles. The summed E-state index contributed by atoms with van der Waals surface area (Å²) in [6.07, 6.45) is 2.28. The standard InChI is InChI=1S/C20H16F3N7O/c1-29(14-3-2-10-4-17(20(21,22)23)27-6-11(10)14)19(31)12-5-15-13(7-26-12)28-18(24)16-8-25-9-30(15)16/h4-9,14H,2-3H2,1H3,(H2,24,28)/t14-/m1/s1. The van der Waals surface area contributed by atoms with Crippen LogP contribution in [0.4, 0.5) is 19.0 Å². The average molecular weight is 427 g/mol. The summed E-state index contributed by atoms with van der Waals surface area (Å²) >= 11 is 0. The second kappa shape index (κ2) is 6.62. The van der Waals surface area contributed by atoms with Crippen molar-refractivity contribution in [3.63, 3.8) is 0 Å². The van der Waals surface area contributed by atoms with Crippen molar-refractivity contribution in [3.8, 4) is 0 Å². The summed E-state index contributed by atoms with van der Waals surface area (Å²) < 4.78 is 40.6. The smallest absolute Gasteiger partial charge is 0.382 e. The zero-order valence-electron chi connectivity index (χ0n) is 16.3. The minimum atomic E-state index is -4.50. The Hall–Kier alpha value is -3.76. The van der Waals surface area contributed by atoms with E-state index in [0.29, 0.717) is 46.3 Å². The zero-order chi connectivity index (χ0) is 21.9. The number of halogens is 3. The fourth-order valence-corrected chi connectivity index (χ4v) is 4.05. The molecule has 8 nitrogen and oxygen atoms in total. The molecule has 1 atom stereocenters. The van der Waals surface area contributed by atoms with Gasteiger partial charge in [0.05, 0.1) is 30.3 Å². The number of hydrogen-bond donors (Lipinski definition) is 1. The van der Waals surface area contributed by atoms with Gasteiger partial charge in [-0.3, -0.25) is 14.2 Å². The molecule has 0 unspecified atom stereocenters. The van der Waals surface area contributed by atoms with Crippen LogP contribution in [0.1, 0.15) is 39.8 Å². The molecule has 158 valence electrons. The Labute approximate surface area is 173 Å². The highest BCUT2D eigenvalue weighted by atomic mass is 19.4. The lowest BCUT2D eigenvalue weighted by Crippen LogP contribution is -2.31. The number of hydrogen-bond acceptors (Lipinski definition) is 6. The molecule has 1 aliphatic rings. The Morgan fingerprint density at radius 2 is 2.00 bits per heavy atom. The van der Waals surface area contributed by atoms with Crippen molar-refractivity contribution in [2.24, 2.45) is 0 Å². The second-order valence-electron chi connectivity index (χ2n) is 7.44. The molecule has 0 aliphatic heterocycles. The van der Waals surface area contributed by atoms with Gasteiger partial charge in [0.15, 0.2) is 0 Å². The van der Waals surface area contributed by atoms with Crippen molar-refractivity contribution >= 4 is 28.3 Å². The van der Waals surface area contributed by atoms with Crippen molar-refractivity contribution in [2.45, 2.75) is 25.1 Å². The number of carbonyl (C=O) groups is 1. The molecule has 0 saturated heterocycles. The van der Waals surface area contributed by atoms with E-state index in [2.05, 4.69) is 19.9 Å². The zero-order valence-corrected chi connectivity index (χ0v) is 16.3. The predicted octanol–water partition coefficient (Wildman–Crippen LogP) is 3.03. The van der Waals surface area contributed by atoms with Crippen LogP contribution in [0.2, 0.25) is 0 Å². The number of nitrogens with zero attached hydrogens (tertiary/aromatic N) is 6. The van der Waals surface area contributed by atoms with Crippen molar-refractivity contribution in [1.82, 2.24) is 29.2 Å². The maximum atomic E-state index is 13.1. The number of imidazole rings is 1. The first kappa shape index (κ1) is 19.2. The SMILES string of the molecule is CN(C(=O)c1cc2c(cn1)nc(N)c1cncn12)[C@@H]1CCc2cc(C(F)(F)F)ncc21. The first-order valence-corrected chi connectivity index (χ1v) is 9.44. The van der Waals surface area contributed by atoms with Gasteiger partial charge in [-0.1, -0.05) is 0 Å². The van der Waals surface area contributed by atoms with E-state index in [1.54, 1.807) is 30.0 Å². The molecule has 0 spiro atoms. The molecule has 0 saturated carbocycles. The normalized spacial score (nSPS) is 16.1. The van der Waals surface area contributed by atoms with Crippen LogP contribution in [-0.2, 0) is 12.6 Å². The van der Waals surface area contributed by atoms with Gasteiger partial charge in [0.25, 0.3) is 5.91 Å². The van der Waals surface area contributed by atoms with E-state index in [-0.39, 0.29) is 17.6 Å². The molecule has 0 radical (unpaired) electrons. The lowest BCUT2D eigenvalue weighted by molar-refractivity contribution is -0.141. The first-order valence-electron chi connectivity index (χ1n) is 9.44. The van der Waals surface area contributed by atoms with Crippen molar-refractivity contribution in [1.29, 1.82) is 0 Å². The Balaban J connectivity index is 1.49. The average Bonchev–Trinajstić information content (AvgIpc) is 3.39. The Bertz CT molecular complexity index is 1350. The number of anilines is 1. The van der Waals surface area contributed by atoms with Crippen LogP contribution >= 0.6 is 0 Å². The summed E-state index contributed by atoms with van der Waals surface area (Å²) in [5, 5.41) is 0. The number of alkyl halides is 3. The van der Waals surface area contributed by atoms with E-state index >= 15 is 0 Å². The molecule has 4 aromatic rings. The van der Waals surface area contributed by atoms with Crippen LogP contribution in [-0.4, -0.2) is 42.2 Å². The van der Waals surface area contributed by atoms with E-state index in [9.17, 15) is 18.0 Å². The first-order chi connectivity index (χ1) is 14.7. The molecule has 0 fully saturated rings. The summed E-state index contributed by atoms with van der Waals surface area (Å²) in [5.74, 6) is -0.0546. The summed E-state index contributed by atoms with van der Waals surface area (Å²) in [4.78, 5) is 30.8. The number of nitrogens with two attached hydrogens (primary N) is 1. The second-order valence-corrected chi connectivity index (χ2v) is 7.44. The van der Waals surface area contributed by atoms with Crippen LogP contribution in [0.3, 0.4) is 0 Å². The number of fused-ring (bicyclic) bond motifs is 4. The van der Waals surface area contributed by atoms with Crippen molar-refractivity contribution < 1.29 is 18.0 Å². The van der Waals surface area contributed by atoms with Gasteiger partial charge < -0.3 is 10.6 Å². The topological polar surface area (TPSA) is 102 Å². The fraction of sp³-hybridized carbons (Fsp3) is 0.250. The molecule has 1 aliphatic carbocycles. The van der Waals surface area contributed by atoms with E-state index in [1.165, 1.54) is 17.3 Å². The summed E-state index contributed by atoms with van der Waals surface area (Å²) in [6, 6.07) is 2.29. The lowest BCUT2D eigenvalue weighted by Gasteiger charge is -2.25. The van der Waals surface area contributed by atoms with E-state index in [4.69, 9.17) is 5.73 Å². The van der Waals surface area contributed by atoms with Crippen molar-refractivity contribution in [3.05, 3.63) is 59.6 Å². The van der Waals surface area contributed by atoms with Gasteiger partial charge in [-0.2, -0.15) is 13.2 Å². The molecule has 1 amide bonds. The van der Waals surface area contributed by atoms with E-state index < -0.39 is 11.9 Å². The molecule has 5 rings (SSSR count). The van der Waals surface area contributed by atoms with Crippen LogP contribution in [0, 0.1) is 0 Å². The Morgan fingerprint density at radius 1 is 1.19 bits per heavy atom. The maximum absolute atomic E-state index is 13.1. The maximum Gasteiger partial charge on any atom is 0.433 e. The van der Waals surface area contributed by atoms with Gasteiger partial charge in [0, 0.05) is 13.2 Å². The highest BCUT2D eigenvalue weighted by Crippen LogP contribution is 2.38. The number of rotatable bonds is 2. The highest BCUT2D eigenvalue weighted by Gasteiger charge is 2.36. The van der Waals surface area contributed by atoms with Gasteiger partial charge in [0.2, 0.25) is 0 Å². The number of aromatic nitrogens is 5. The van der Waals surface area contributed by atoms with E-state index in [0.717, 1.165) is 6.07 Å². The van der Waals surface area contributed by atoms with Gasteiger partial charge in [-0.25, -0.2) is 15.0 Å². The molecule has 0 bridgehead atoms. The minimum Gasteiger partial charge on any atom is -0.382 e. The van der Waals surface area contributed by atoms with Crippen LogP contribution in [0.5, 0.6) is 0 Å². The van der Waals surface area contributed by atoms with Crippen LogP contribution < -0.4 is 5.73 Å².